The van der Waals surface area contributed by atoms with Gasteiger partial charge in [-0.2, -0.15) is 0 Å². The second-order valence-electron chi connectivity index (χ2n) is 9.42. The fourth-order valence-electron chi connectivity index (χ4n) is 4.77. The molecule has 5 rings (SSSR count). The highest BCUT2D eigenvalue weighted by molar-refractivity contribution is 5.82. The summed E-state index contributed by atoms with van der Waals surface area (Å²) in [6.07, 6.45) is 5.96. The molecule has 3 N–H and O–H groups in total. The summed E-state index contributed by atoms with van der Waals surface area (Å²) < 4.78 is 11.3. The molecule has 9 heteroatoms. The number of carbonyl (C=O) groups is 1. The molecular formula is C28H32N6O3. The number of fused-ring (bicyclic) bond motifs is 1. The molecule has 2 saturated heterocycles. The quantitative estimate of drug-likeness (QED) is 0.477. The minimum Gasteiger partial charge on any atom is -0.439 e. The lowest BCUT2D eigenvalue weighted by Crippen LogP contribution is -2.50. The monoisotopic (exact) mass is 500 g/mol. The van der Waals surface area contributed by atoms with Crippen LogP contribution < -0.4 is 10.5 Å². The first kappa shape index (κ1) is 24.9. The lowest BCUT2D eigenvalue weighted by Gasteiger charge is -2.37. The first-order chi connectivity index (χ1) is 18.1. The molecule has 0 radical (unpaired) electrons. The maximum atomic E-state index is 12.8. The molecular weight excluding hydrogens is 468 g/mol. The maximum absolute atomic E-state index is 12.8. The minimum absolute atomic E-state index is 0.125. The van der Waals surface area contributed by atoms with E-state index in [-0.39, 0.29) is 5.92 Å². The molecule has 9 nitrogen and oxygen atoms in total. The number of ether oxygens (including phenoxy) is 2. The molecule has 2 aliphatic rings. The van der Waals surface area contributed by atoms with Crippen molar-refractivity contribution in [2.75, 3.05) is 39.4 Å². The highest BCUT2D eigenvalue weighted by Crippen LogP contribution is 2.25. The van der Waals surface area contributed by atoms with Gasteiger partial charge in [-0.1, -0.05) is 6.07 Å². The van der Waals surface area contributed by atoms with Gasteiger partial charge in [0.25, 0.3) is 0 Å². The van der Waals surface area contributed by atoms with Gasteiger partial charge in [0.15, 0.2) is 0 Å². The second kappa shape index (κ2) is 11.5. The summed E-state index contributed by atoms with van der Waals surface area (Å²) in [6, 6.07) is 13.5. The number of piperazine rings is 1. The third kappa shape index (κ3) is 6.12. The Morgan fingerprint density at radius 2 is 1.92 bits per heavy atom. The lowest BCUT2D eigenvalue weighted by molar-refractivity contribution is -0.140. The average Bonchev–Trinajstić information content (AvgIpc) is 2.94. The number of nitrogens with one attached hydrogen (secondary N) is 1. The van der Waals surface area contributed by atoms with Crippen LogP contribution in [0.4, 0.5) is 0 Å². The van der Waals surface area contributed by atoms with Crippen LogP contribution in [0.1, 0.15) is 24.1 Å². The van der Waals surface area contributed by atoms with Gasteiger partial charge in [0.05, 0.1) is 11.2 Å². The third-order valence-electron chi connectivity index (χ3n) is 6.91. The molecule has 0 saturated carbocycles. The molecule has 2 fully saturated rings. The molecule has 3 aromatic rings. The summed E-state index contributed by atoms with van der Waals surface area (Å²) in [5, 5.41) is 8.11. The van der Waals surface area contributed by atoms with Crippen LogP contribution in [0.5, 0.6) is 11.6 Å². The molecule has 2 aromatic heterocycles. The van der Waals surface area contributed by atoms with E-state index in [2.05, 4.69) is 22.0 Å². The first-order valence-electron chi connectivity index (χ1n) is 12.7. The predicted molar refractivity (Wildman–Crippen MR) is 142 cm³/mol. The van der Waals surface area contributed by atoms with E-state index in [1.165, 1.54) is 6.08 Å². The number of carbonyl (C=O) groups excluding carboxylic acids is 1. The van der Waals surface area contributed by atoms with Gasteiger partial charge in [-0.05, 0) is 49.2 Å². The number of hydrogen-bond donors (Lipinski definition) is 2. The summed E-state index contributed by atoms with van der Waals surface area (Å²) in [5.74, 6) is 1.56. The van der Waals surface area contributed by atoms with Gasteiger partial charge in [0.2, 0.25) is 11.8 Å². The van der Waals surface area contributed by atoms with Crippen LogP contribution in [-0.4, -0.2) is 71.3 Å². The molecule has 0 atom stereocenters. The van der Waals surface area contributed by atoms with E-state index < -0.39 is 0 Å². The SMILES string of the molecule is N=C/C=C(\N)c1ccc(Oc2ccc3nc(CN4CCN(C(=O)C5CCOCC5)CC4)ccc3c2)nc1. The Kier molecular flexibility index (Phi) is 7.72. The normalized spacial score (nSPS) is 17.6. The third-order valence-corrected chi connectivity index (χ3v) is 6.91. The van der Waals surface area contributed by atoms with Crippen molar-refractivity contribution in [1.82, 2.24) is 19.8 Å². The van der Waals surface area contributed by atoms with Gasteiger partial charge in [-0.15, -0.1) is 0 Å². The number of benzene rings is 1. The number of allylic oxidation sites excluding steroid dienone is 1. The molecule has 0 bridgehead atoms. The highest BCUT2D eigenvalue weighted by atomic mass is 16.5. The van der Waals surface area contributed by atoms with Crippen LogP contribution in [0.2, 0.25) is 0 Å². The summed E-state index contributed by atoms with van der Waals surface area (Å²) in [6.45, 7) is 5.41. The Labute approximate surface area is 216 Å². The van der Waals surface area contributed by atoms with Gasteiger partial charge < -0.3 is 25.5 Å². The van der Waals surface area contributed by atoms with Crippen molar-refractivity contribution in [3.8, 4) is 11.6 Å². The number of aromatic nitrogens is 2. The van der Waals surface area contributed by atoms with E-state index in [1.807, 2.05) is 29.2 Å². The van der Waals surface area contributed by atoms with E-state index in [9.17, 15) is 4.79 Å². The van der Waals surface area contributed by atoms with Crippen LogP contribution in [0.25, 0.3) is 16.6 Å². The van der Waals surface area contributed by atoms with Crippen LogP contribution >= 0.6 is 0 Å². The predicted octanol–water partition coefficient (Wildman–Crippen LogP) is 3.44. The van der Waals surface area contributed by atoms with E-state index in [4.69, 9.17) is 25.6 Å². The molecule has 4 heterocycles. The Morgan fingerprint density at radius 3 is 2.65 bits per heavy atom. The number of rotatable bonds is 7. The molecule has 0 aliphatic carbocycles. The van der Waals surface area contributed by atoms with Crippen LogP contribution in [-0.2, 0) is 16.1 Å². The standard InChI is InChI=1S/C28H32N6O3/c29-10-7-25(30)22-2-6-27(31-18-22)37-24-4-5-26-21(17-24)1-3-23(32-26)19-33-11-13-34(14-12-33)28(35)20-8-15-36-16-9-20/h1-7,10,17-18,20,29H,8-9,11-16,19,30H2/b25-7-,29-10?. The molecule has 37 heavy (non-hydrogen) atoms. The number of pyridine rings is 2. The fraction of sp³-hybridized carbons (Fsp3) is 0.357. The Bertz CT molecular complexity index is 1280. The van der Waals surface area contributed by atoms with Gasteiger partial charge in [-0.25, -0.2) is 4.98 Å². The molecule has 192 valence electrons. The smallest absolute Gasteiger partial charge is 0.225 e. The fourth-order valence-corrected chi connectivity index (χ4v) is 4.77. The van der Waals surface area contributed by atoms with Crippen LogP contribution in [0.15, 0.2) is 54.7 Å². The van der Waals surface area contributed by atoms with Gasteiger partial charge in [0.1, 0.15) is 5.75 Å². The van der Waals surface area contributed by atoms with E-state index in [1.54, 1.807) is 12.3 Å². The number of nitrogens with two attached hydrogens (primary N) is 1. The summed E-state index contributed by atoms with van der Waals surface area (Å²) >= 11 is 0. The van der Waals surface area contributed by atoms with E-state index in [0.29, 0.717) is 36.4 Å². The summed E-state index contributed by atoms with van der Waals surface area (Å²) in [4.78, 5) is 26.3. The molecule has 1 amide bonds. The Hall–Kier alpha value is -3.82. The van der Waals surface area contributed by atoms with Gasteiger partial charge >= 0.3 is 0 Å². The molecule has 0 spiro atoms. The zero-order valence-electron chi connectivity index (χ0n) is 20.8. The van der Waals surface area contributed by atoms with Crippen molar-refractivity contribution in [3.63, 3.8) is 0 Å². The van der Waals surface area contributed by atoms with Crippen molar-refractivity contribution in [3.05, 3.63) is 66.0 Å². The summed E-state index contributed by atoms with van der Waals surface area (Å²) in [5.41, 5.74) is 9.02. The van der Waals surface area contributed by atoms with Crippen LogP contribution in [0.3, 0.4) is 0 Å². The minimum atomic E-state index is 0.125. The number of amides is 1. The zero-order valence-corrected chi connectivity index (χ0v) is 20.8. The maximum Gasteiger partial charge on any atom is 0.225 e. The van der Waals surface area contributed by atoms with Crippen LogP contribution in [0, 0.1) is 11.3 Å². The van der Waals surface area contributed by atoms with Crippen molar-refractivity contribution in [2.45, 2.75) is 19.4 Å². The molecule has 2 aliphatic heterocycles. The van der Waals surface area contributed by atoms with Crippen molar-refractivity contribution >= 4 is 28.7 Å². The highest BCUT2D eigenvalue weighted by Gasteiger charge is 2.28. The largest absolute Gasteiger partial charge is 0.439 e. The molecule has 1 aromatic carbocycles. The Morgan fingerprint density at radius 1 is 1.11 bits per heavy atom. The number of hydrogen-bond acceptors (Lipinski definition) is 8. The van der Waals surface area contributed by atoms with E-state index in [0.717, 1.165) is 73.9 Å². The summed E-state index contributed by atoms with van der Waals surface area (Å²) in [7, 11) is 0. The second-order valence-corrected chi connectivity index (χ2v) is 9.42. The van der Waals surface area contributed by atoms with Gasteiger partial charge in [0, 0.05) is 87.0 Å². The topological polar surface area (TPSA) is 118 Å². The zero-order chi connectivity index (χ0) is 25.6. The lowest BCUT2D eigenvalue weighted by atomic mass is 9.98. The first-order valence-corrected chi connectivity index (χ1v) is 12.7. The van der Waals surface area contributed by atoms with Crippen molar-refractivity contribution < 1.29 is 14.3 Å². The molecule has 0 unspecified atom stereocenters. The average molecular weight is 501 g/mol. The van der Waals surface area contributed by atoms with Gasteiger partial charge in [-0.3, -0.25) is 14.7 Å². The van der Waals surface area contributed by atoms with Crippen molar-refractivity contribution in [1.29, 1.82) is 5.41 Å². The number of nitrogens with zero attached hydrogens (tertiary/aromatic N) is 4. The Balaban J connectivity index is 1.17. The van der Waals surface area contributed by atoms with E-state index >= 15 is 0 Å². The van der Waals surface area contributed by atoms with Crippen molar-refractivity contribution in [2.24, 2.45) is 11.7 Å².